The molecule has 106 valence electrons. The van der Waals surface area contributed by atoms with Crippen LogP contribution < -0.4 is 5.32 Å². The summed E-state index contributed by atoms with van der Waals surface area (Å²) in [6, 6.07) is 11.5. The molecule has 0 amide bonds. The number of furan rings is 1. The van der Waals surface area contributed by atoms with E-state index in [9.17, 15) is 4.79 Å². The number of nitrogens with zero attached hydrogens (tertiary/aromatic N) is 1. The van der Waals surface area contributed by atoms with E-state index in [1.54, 1.807) is 12.3 Å². The number of anilines is 1. The minimum atomic E-state index is -0.476. The fourth-order valence-corrected chi connectivity index (χ4v) is 2.19. The van der Waals surface area contributed by atoms with Crippen molar-refractivity contribution in [1.29, 1.82) is 0 Å². The zero-order chi connectivity index (χ0) is 14.7. The van der Waals surface area contributed by atoms with Crippen LogP contribution >= 0.6 is 0 Å². The number of methoxy groups -OCH3 is 1. The third-order valence-corrected chi connectivity index (χ3v) is 3.23. The second-order valence-corrected chi connectivity index (χ2v) is 4.50. The van der Waals surface area contributed by atoms with E-state index in [4.69, 9.17) is 4.42 Å². The largest absolute Gasteiger partial charge is 0.463 e. The van der Waals surface area contributed by atoms with Crippen LogP contribution in [0.15, 0.2) is 53.3 Å². The van der Waals surface area contributed by atoms with Crippen molar-refractivity contribution in [1.82, 2.24) is 4.98 Å². The summed E-state index contributed by atoms with van der Waals surface area (Å²) < 4.78 is 9.85. The van der Waals surface area contributed by atoms with Gasteiger partial charge in [-0.15, -0.1) is 0 Å². The van der Waals surface area contributed by atoms with Crippen LogP contribution in [0.3, 0.4) is 0 Å². The van der Waals surface area contributed by atoms with Crippen molar-refractivity contribution in [2.24, 2.45) is 0 Å². The van der Waals surface area contributed by atoms with Crippen LogP contribution in [0.4, 0.5) is 5.69 Å². The summed E-state index contributed by atoms with van der Waals surface area (Å²) in [5.74, 6) is -0.250. The molecule has 0 unspecified atom stereocenters. The molecular formula is C16H14N2O3. The third-order valence-electron chi connectivity index (χ3n) is 3.23. The lowest BCUT2D eigenvalue weighted by atomic mass is 10.1. The van der Waals surface area contributed by atoms with Gasteiger partial charge in [-0.25, -0.2) is 4.79 Å². The van der Waals surface area contributed by atoms with Crippen molar-refractivity contribution in [2.75, 3.05) is 12.4 Å². The first-order valence-corrected chi connectivity index (χ1v) is 6.52. The number of hydrogen-bond donors (Lipinski definition) is 1. The summed E-state index contributed by atoms with van der Waals surface area (Å²) in [4.78, 5) is 15.9. The van der Waals surface area contributed by atoms with Crippen LogP contribution in [-0.2, 0) is 11.3 Å². The smallest absolute Gasteiger partial charge is 0.374 e. The third kappa shape index (κ3) is 2.58. The maximum Gasteiger partial charge on any atom is 0.374 e. The number of rotatable bonds is 4. The summed E-state index contributed by atoms with van der Waals surface area (Å²) in [5.41, 5.74) is 2.63. The number of esters is 1. The molecule has 0 saturated heterocycles. The Kier molecular flexibility index (Phi) is 3.55. The number of pyridine rings is 1. The highest BCUT2D eigenvalue weighted by molar-refractivity contribution is 5.91. The van der Waals surface area contributed by atoms with Crippen molar-refractivity contribution >= 4 is 22.6 Å². The van der Waals surface area contributed by atoms with E-state index >= 15 is 0 Å². The van der Waals surface area contributed by atoms with E-state index in [0.29, 0.717) is 6.54 Å². The first-order valence-electron chi connectivity index (χ1n) is 6.52. The lowest BCUT2D eigenvalue weighted by molar-refractivity contribution is 0.0563. The van der Waals surface area contributed by atoms with Gasteiger partial charge in [-0.1, -0.05) is 6.07 Å². The molecule has 0 fully saturated rings. The molecule has 3 rings (SSSR count). The van der Waals surface area contributed by atoms with Gasteiger partial charge in [0.15, 0.2) is 0 Å². The Labute approximate surface area is 121 Å². The highest BCUT2D eigenvalue weighted by Gasteiger charge is 2.15. The number of fused-ring (bicyclic) bond motifs is 1. The number of carbonyl (C=O) groups is 1. The van der Waals surface area contributed by atoms with E-state index in [0.717, 1.165) is 22.2 Å². The highest BCUT2D eigenvalue weighted by atomic mass is 16.5. The molecule has 3 aromatic rings. The van der Waals surface area contributed by atoms with Crippen LogP contribution in [0.5, 0.6) is 0 Å². The Morgan fingerprint density at radius 1 is 1.29 bits per heavy atom. The molecule has 0 radical (unpaired) electrons. The molecule has 0 atom stereocenters. The van der Waals surface area contributed by atoms with Gasteiger partial charge >= 0.3 is 5.97 Å². The number of carbonyl (C=O) groups excluding carboxylic acids is 1. The molecule has 0 bridgehead atoms. The molecule has 2 heterocycles. The average Bonchev–Trinajstić information content (AvgIpc) is 3.00. The Balaban J connectivity index is 1.84. The van der Waals surface area contributed by atoms with Gasteiger partial charge in [0.2, 0.25) is 5.76 Å². The highest BCUT2D eigenvalue weighted by Crippen LogP contribution is 2.22. The summed E-state index contributed by atoms with van der Waals surface area (Å²) in [7, 11) is 1.33. The molecule has 1 aromatic carbocycles. The van der Waals surface area contributed by atoms with Crippen LogP contribution in [0.1, 0.15) is 16.1 Å². The minimum absolute atomic E-state index is 0.225. The van der Waals surface area contributed by atoms with Gasteiger partial charge in [-0.2, -0.15) is 0 Å². The topological polar surface area (TPSA) is 64.4 Å². The van der Waals surface area contributed by atoms with Crippen LogP contribution in [-0.4, -0.2) is 18.1 Å². The van der Waals surface area contributed by atoms with Crippen LogP contribution in [0, 0.1) is 0 Å². The summed E-state index contributed by atoms with van der Waals surface area (Å²) in [5, 5.41) is 4.33. The lowest BCUT2D eigenvalue weighted by Gasteiger charge is -2.09. The summed E-state index contributed by atoms with van der Waals surface area (Å²) in [6.07, 6.45) is 3.24. The van der Waals surface area contributed by atoms with E-state index in [1.165, 1.54) is 13.4 Å². The van der Waals surface area contributed by atoms with Gasteiger partial charge in [-0.05, 0) is 30.3 Å². The van der Waals surface area contributed by atoms with Crippen LogP contribution in [0.2, 0.25) is 0 Å². The monoisotopic (exact) mass is 282 g/mol. The molecule has 0 aliphatic rings. The van der Waals surface area contributed by atoms with Crippen molar-refractivity contribution in [3.63, 3.8) is 0 Å². The van der Waals surface area contributed by atoms with Crippen LogP contribution in [0.25, 0.3) is 10.9 Å². The van der Waals surface area contributed by atoms with E-state index in [1.807, 2.05) is 30.3 Å². The maximum atomic E-state index is 11.6. The number of nitrogens with one attached hydrogen (secondary N) is 1. The molecule has 0 aliphatic heterocycles. The molecule has 0 spiro atoms. The lowest BCUT2D eigenvalue weighted by Crippen LogP contribution is -2.07. The summed E-state index contributed by atoms with van der Waals surface area (Å²) >= 11 is 0. The van der Waals surface area contributed by atoms with Gasteiger partial charge < -0.3 is 14.5 Å². The van der Waals surface area contributed by atoms with E-state index < -0.39 is 5.97 Å². The van der Waals surface area contributed by atoms with Crippen molar-refractivity contribution in [3.8, 4) is 0 Å². The standard InChI is InChI=1S/C16H14N2O3/c1-20-16(19)15-11(7-9-21-15)10-18-14-6-2-5-13-12(14)4-3-8-17-13/h2-9,18H,10H2,1H3. The van der Waals surface area contributed by atoms with E-state index in [2.05, 4.69) is 15.0 Å². The zero-order valence-corrected chi connectivity index (χ0v) is 11.5. The van der Waals surface area contributed by atoms with Crippen molar-refractivity contribution < 1.29 is 13.9 Å². The van der Waals surface area contributed by atoms with E-state index in [-0.39, 0.29) is 5.76 Å². The number of ether oxygens (including phenoxy) is 1. The number of benzene rings is 1. The second kappa shape index (κ2) is 5.66. The summed E-state index contributed by atoms with van der Waals surface area (Å²) in [6.45, 7) is 0.467. The van der Waals surface area contributed by atoms with Gasteiger partial charge in [0.1, 0.15) is 0 Å². The van der Waals surface area contributed by atoms with Crippen molar-refractivity contribution in [3.05, 3.63) is 60.2 Å². The SMILES string of the molecule is COC(=O)c1occc1CNc1cccc2ncccc12. The van der Waals surface area contributed by atoms with Gasteiger partial charge in [-0.3, -0.25) is 4.98 Å². The van der Waals surface area contributed by atoms with Gasteiger partial charge in [0.25, 0.3) is 0 Å². The quantitative estimate of drug-likeness (QED) is 0.744. The van der Waals surface area contributed by atoms with Gasteiger partial charge in [0.05, 0.1) is 18.9 Å². The maximum absolute atomic E-state index is 11.6. The number of hydrogen-bond acceptors (Lipinski definition) is 5. The molecule has 0 aliphatic carbocycles. The fourth-order valence-electron chi connectivity index (χ4n) is 2.19. The van der Waals surface area contributed by atoms with Gasteiger partial charge in [0, 0.05) is 29.4 Å². The molecular weight excluding hydrogens is 268 g/mol. The normalized spacial score (nSPS) is 10.5. The first-order chi connectivity index (χ1) is 10.3. The molecule has 1 N–H and O–H groups in total. The zero-order valence-electron chi connectivity index (χ0n) is 11.5. The Hall–Kier alpha value is -2.82. The predicted octanol–water partition coefficient (Wildman–Crippen LogP) is 3.23. The molecule has 5 nitrogen and oxygen atoms in total. The molecule has 2 aromatic heterocycles. The second-order valence-electron chi connectivity index (χ2n) is 4.50. The average molecular weight is 282 g/mol. The Bertz CT molecular complexity index is 775. The molecule has 21 heavy (non-hydrogen) atoms. The number of aromatic nitrogens is 1. The Morgan fingerprint density at radius 3 is 3.05 bits per heavy atom. The first kappa shape index (κ1) is 13.2. The van der Waals surface area contributed by atoms with Crippen molar-refractivity contribution in [2.45, 2.75) is 6.54 Å². The molecule has 0 saturated carbocycles. The Morgan fingerprint density at radius 2 is 2.19 bits per heavy atom. The minimum Gasteiger partial charge on any atom is -0.463 e. The molecule has 5 heteroatoms. The predicted molar refractivity (Wildman–Crippen MR) is 79.1 cm³/mol. The fraction of sp³-hybridized carbons (Fsp3) is 0.125.